The monoisotopic (exact) mass is 400 g/mol. The van der Waals surface area contributed by atoms with E-state index in [0.29, 0.717) is 18.8 Å². The summed E-state index contributed by atoms with van der Waals surface area (Å²) in [4.78, 5) is 29.5. The number of halogens is 1. The fourth-order valence-electron chi connectivity index (χ4n) is 3.80. The number of hydrogen-bond donors (Lipinski definition) is 0. The zero-order valence-corrected chi connectivity index (χ0v) is 17.1. The van der Waals surface area contributed by atoms with E-state index in [1.807, 2.05) is 19.9 Å². The van der Waals surface area contributed by atoms with Crippen molar-refractivity contribution in [2.24, 2.45) is 5.92 Å². The van der Waals surface area contributed by atoms with Crippen molar-refractivity contribution < 1.29 is 18.4 Å². The lowest BCUT2D eigenvalue weighted by Crippen LogP contribution is -2.47. The van der Waals surface area contributed by atoms with E-state index in [2.05, 4.69) is 0 Å². The second kappa shape index (κ2) is 9.72. The van der Waals surface area contributed by atoms with Gasteiger partial charge >= 0.3 is 0 Å². The van der Waals surface area contributed by atoms with Crippen LogP contribution >= 0.6 is 0 Å². The molecule has 2 amide bonds. The highest BCUT2D eigenvalue weighted by molar-refractivity contribution is 5.86. The van der Waals surface area contributed by atoms with E-state index in [0.717, 1.165) is 31.2 Å². The lowest BCUT2D eigenvalue weighted by Gasteiger charge is -2.31. The van der Waals surface area contributed by atoms with Gasteiger partial charge in [0.2, 0.25) is 11.8 Å². The maximum atomic E-state index is 13.2. The summed E-state index contributed by atoms with van der Waals surface area (Å²) in [6.45, 7) is 4.54. The molecule has 1 aromatic heterocycles. The molecule has 0 unspecified atom stereocenters. The van der Waals surface area contributed by atoms with E-state index in [1.54, 1.807) is 34.3 Å². The third kappa shape index (κ3) is 5.68. The van der Waals surface area contributed by atoms with Gasteiger partial charge in [-0.25, -0.2) is 4.39 Å². The summed E-state index contributed by atoms with van der Waals surface area (Å²) in [5.74, 6) is 0.307. The topological polar surface area (TPSA) is 53.8 Å². The van der Waals surface area contributed by atoms with Gasteiger partial charge in [0.15, 0.2) is 0 Å². The number of nitrogens with zero attached hydrogens (tertiary/aromatic N) is 2. The Morgan fingerprint density at radius 1 is 1.10 bits per heavy atom. The molecule has 0 saturated heterocycles. The van der Waals surface area contributed by atoms with E-state index < -0.39 is 0 Å². The van der Waals surface area contributed by atoms with Crippen LogP contribution in [0.2, 0.25) is 0 Å². The third-order valence-electron chi connectivity index (χ3n) is 5.48. The fourth-order valence-corrected chi connectivity index (χ4v) is 3.80. The highest BCUT2D eigenvalue weighted by atomic mass is 19.1. The molecule has 6 heteroatoms. The second-order valence-corrected chi connectivity index (χ2v) is 8.00. The summed E-state index contributed by atoms with van der Waals surface area (Å²) in [5, 5.41) is 0. The Bertz CT molecular complexity index is 796. The molecule has 5 nitrogen and oxygen atoms in total. The summed E-state index contributed by atoms with van der Waals surface area (Å²) in [6.07, 6.45) is 5.53. The average molecular weight is 400 g/mol. The first-order valence-electron chi connectivity index (χ1n) is 10.3. The molecule has 3 rings (SSSR count). The Morgan fingerprint density at radius 2 is 1.79 bits per heavy atom. The zero-order chi connectivity index (χ0) is 20.8. The van der Waals surface area contributed by atoms with Crippen LogP contribution < -0.4 is 0 Å². The molecule has 0 spiro atoms. The second-order valence-electron chi connectivity index (χ2n) is 8.00. The largest absolute Gasteiger partial charge is 0.467 e. The van der Waals surface area contributed by atoms with Crippen LogP contribution in [-0.2, 0) is 22.7 Å². The minimum Gasteiger partial charge on any atom is -0.467 e. The summed E-state index contributed by atoms with van der Waals surface area (Å²) in [6, 6.07) is 9.64. The van der Waals surface area contributed by atoms with Gasteiger partial charge in [0.25, 0.3) is 0 Å². The molecular weight excluding hydrogens is 371 g/mol. The number of furan rings is 1. The fraction of sp³-hybridized carbons (Fsp3) is 0.478. The van der Waals surface area contributed by atoms with E-state index in [4.69, 9.17) is 4.42 Å². The molecule has 2 aromatic rings. The first-order valence-corrected chi connectivity index (χ1v) is 10.3. The third-order valence-corrected chi connectivity index (χ3v) is 5.48. The predicted octanol–water partition coefficient (Wildman–Crippen LogP) is 4.37. The quantitative estimate of drug-likeness (QED) is 0.661. The molecule has 1 fully saturated rings. The SMILES string of the molecule is CC(C)N(CC(=O)N(Cc1ccc(F)cc1)Cc1ccco1)C(=O)C1CCCC1. The Labute approximate surface area is 171 Å². The molecule has 1 aliphatic rings. The number of rotatable bonds is 8. The smallest absolute Gasteiger partial charge is 0.242 e. The zero-order valence-electron chi connectivity index (χ0n) is 17.1. The molecule has 0 radical (unpaired) electrons. The summed E-state index contributed by atoms with van der Waals surface area (Å²) < 4.78 is 18.7. The van der Waals surface area contributed by atoms with Crippen LogP contribution in [0, 0.1) is 11.7 Å². The van der Waals surface area contributed by atoms with Gasteiger partial charge in [-0.2, -0.15) is 0 Å². The standard InChI is InChI=1S/C23H29FN2O3/c1-17(2)26(23(28)19-6-3-4-7-19)16-22(27)25(15-21-8-5-13-29-21)14-18-9-11-20(24)12-10-18/h5,8-13,17,19H,3-4,6-7,14-16H2,1-2H3. The predicted molar refractivity (Wildman–Crippen MR) is 108 cm³/mol. The van der Waals surface area contributed by atoms with Gasteiger partial charge in [-0.1, -0.05) is 25.0 Å². The van der Waals surface area contributed by atoms with Crippen LogP contribution in [0.1, 0.15) is 50.9 Å². The highest BCUT2D eigenvalue weighted by Gasteiger charge is 2.31. The minimum absolute atomic E-state index is 0.0285. The normalized spacial score (nSPS) is 14.3. The number of benzene rings is 1. The van der Waals surface area contributed by atoms with Crippen molar-refractivity contribution in [2.45, 2.75) is 58.7 Å². The number of amides is 2. The molecule has 0 aliphatic heterocycles. The van der Waals surface area contributed by atoms with Crippen LogP contribution in [0.15, 0.2) is 47.1 Å². The van der Waals surface area contributed by atoms with Gasteiger partial charge in [0.1, 0.15) is 18.1 Å². The summed E-state index contributed by atoms with van der Waals surface area (Å²) in [7, 11) is 0. The number of carbonyl (C=O) groups is 2. The molecule has 1 saturated carbocycles. The average Bonchev–Trinajstić information content (AvgIpc) is 3.40. The van der Waals surface area contributed by atoms with Crippen molar-refractivity contribution in [1.29, 1.82) is 0 Å². The lowest BCUT2D eigenvalue weighted by molar-refractivity contribution is -0.145. The van der Waals surface area contributed by atoms with Crippen molar-refractivity contribution >= 4 is 11.8 Å². The Balaban J connectivity index is 1.74. The molecular formula is C23H29FN2O3. The minimum atomic E-state index is -0.314. The van der Waals surface area contributed by atoms with Crippen molar-refractivity contribution in [3.8, 4) is 0 Å². The first kappa shape index (κ1) is 21.1. The van der Waals surface area contributed by atoms with Gasteiger partial charge < -0.3 is 14.2 Å². The maximum Gasteiger partial charge on any atom is 0.242 e. The molecule has 1 heterocycles. The molecule has 1 aromatic carbocycles. The van der Waals surface area contributed by atoms with Crippen LogP contribution in [0.25, 0.3) is 0 Å². The molecule has 0 atom stereocenters. The Kier molecular flexibility index (Phi) is 7.07. The molecule has 156 valence electrons. The Morgan fingerprint density at radius 3 is 2.38 bits per heavy atom. The van der Waals surface area contributed by atoms with Gasteiger partial charge in [0, 0.05) is 18.5 Å². The van der Waals surface area contributed by atoms with Crippen LogP contribution in [0.3, 0.4) is 0 Å². The number of carbonyl (C=O) groups excluding carboxylic acids is 2. The highest BCUT2D eigenvalue weighted by Crippen LogP contribution is 2.27. The maximum absolute atomic E-state index is 13.2. The van der Waals surface area contributed by atoms with Gasteiger partial charge in [0.05, 0.1) is 12.8 Å². The summed E-state index contributed by atoms with van der Waals surface area (Å²) >= 11 is 0. The van der Waals surface area contributed by atoms with E-state index in [9.17, 15) is 14.0 Å². The van der Waals surface area contributed by atoms with E-state index in [-0.39, 0.29) is 36.1 Å². The Hall–Kier alpha value is -2.63. The van der Waals surface area contributed by atoms with E-state index >= 15 is 0 Å². The van der Waals surface area contributed by atoms with Crippen molar-refractivity contribution in [3.63, 3.8) is 0 Å². The summed E-state index contributed by atoms with van der Waals surface area (Å²) in [5.41, 5.74) is 0.824. The molecule has 29 heavy (non-hydrogen) atoms. The lowest BCUT2D eigenvalue weighted by atomic mass is 10.1. The van der Waals surface area contributed by atoms with Crippen LogP contribution in [-0.4, -0.2) is 34.2 Å². The van der Waals surface area contributed by atoms with Crippen molar-refractivity contribution in [3.05, 3.63) is 59.8 Å². The molecule has 1 aliphatic carbocycles. The molecule has 0 N–H and O–H groups in total. The number of hydrogen-bond acceptors (Lipinski definition) is 3. The van der Waals surface area contributed by atoms with Crippen LogP contribution in [0.5, 0.6) is 0 Å². The van der Waals surface area contributed by atoms with Crippen molar-refractivity contribution in [1.82, 2.24) is 9.80 Å². The van der Waals surface area contributed by atoms with Crippen LogP contribution in [0.4, 0.5) is 4.39 Å². The first-order chi connectivity index (χ1) is 13.9. The van der Waals surface area contributed by atoms with Gasteiger partial charge in [-0.05, 0) is 56.5 Å². The van der Waals surface area contributed by atoms with E-state index in [1.165, 1.54) is 12.1 Å². The molecule has 0 bridgehead atoms. The van der Waals surface area contributed by atoms with Crippen molar-refractivity contribution in [2.75, 3.05) is 6.54 Å². The van der Waals surface area contributed by atoms with Gasteiger partial charge in [-0.3, -0.25) is 9.59 Å². The van der Waals surface area contributed by atoms with Gasteiger partial charge in [-0.15, -0.1) is 0 Å².